The van der Waals surface area contributed by atoms with E-state index < -0.39 is 0 Å². The summed E-state index contributed by atoms with van der Waals surface area (Å²) >= 11 is 3.61. The normalized spacial score (nSPS) is 14.0. The molecule has 2 rings (SSSR count). The first-order valence-corrected chi connectivity index (χ1v) is 8.39. The van der Waals surface area contributed by atoms with Gasteiger partial charge in [0.05, 0.1) is 12.2 Å². The molecule has 1 aromatic carbocycles. The lowest BCUT2D eigenvalue weighted by molar-refractivity contribution is -0.119. The molecule has 0 atom stereocenters. The van der Waals surface area contributed by atoms with E-state index in [1.165, 1.54) is 5.56 Å². The Morgan fingerprint density at radius 1 is 1.43 bits per heavy atom. The number of halogens is 1. The van der Waals surface area contributed by atoms with Gasteiger partial charge in [0.2, 0.25) is 5.91 Å². The van der Waals surface area contributed by atoms with Gasteiger partial charge in [0.15, 0.2) is 0 Å². The van der Waals surface area contributed by atoms with E-state index in [0.29, 0.717) is 12.6 Å². The molecule has 0 heterocycles. The van der Waals surface area contributed by atoms with E-state index in [1.54, 1.807) is 0 Å². The van der Waals surface area contributed by atoms with Crippen LogP contribution in [0, 0.1) is 0 Å². The van der Waals surface area contributed by atoms with Crippen molar-refractivity contribution in [2.75, 3.05) is 25.0 Å². The number of hydrogen-bond donors (Lipinski definition) is 2. The highest BCUT2D eigenvalue weighted by molar-refractivity contribution is 9.10. The lowest BCUT2D eigenvalue weighted by atomic mass is 10.2. The average molecular weight is 354 g/mol. The summed E-state index contributed by atoms with van der Waals surface area (Å²) in [4.78, 5) is 13.8. The SMILES string of the molecule is CCCNCc1ccc(N(C)CC(=O)NC2CC2)c(Br)c1. The number of likely N-dealkylation sites (N-methyl/N-ethyl adjacent to an activating group) is 1. The molecule has 21 heavy (non-hydrogen) atoms. The van der Waals surface area contributed by atoms with Crippen LogP contribution in [0.3, 0.4) is 0 Å². The summed E-state index contributed by atoms with van der Waals surface area (Å²) < 4.78 is 1.03. The smallest absolute Gasteiger partial charge is 0.239 e. The van der Waals surface area contributed by atoms with Crippen LogP contribution in [0.15, 0.2) is 22.7 Å². The van der Waals surface area contributed by atoms with Crippen LogP contribution in [0.5, 0.6) is 0 Å². The highest BCUT2D eigenvalue weighted by atomic mass is 79.9. The summed E-state index contributed by atoms with van der Waals surface area (Å²) in [6, 6.07) is 6.71. The molecule has 116 valence electrons. The van der Waals surface area contributed by atoms with E-state index in [-0.39, 0.29) is 5.91 Å². The van der Waals surface area contributed by atoms with E-state index >= 15 is 0 Å². The highest BCUT2D eigenvalue weighted by Gasteiger charge is 2.23. The molecule has 1 amide bonds. The highest BCUT2D eigenvalue weighted by Crippen LogP contribution is 2.26. The van der Waals surface area contributed by atoms with Crippen molar-refractivity contribution < 1.29 is 4.79 Å². The fourth-order valence-electron chi connectivity index (χ4n) is 2.18. The molecular weight excluding hydrogens is 330 g/mol. The number of carbonyl (C=O) groups excluding carboxylic acids is 1. The number of nitrogens with one attached hydrogen (secondary N) is 2. The van der Waals surface area contributed by atoms with E-state index in [4.69, 9.17) is 0 Å². The van der Waals surface area contributed by atoms with Gasteiger partial charge in [-0.25, -0.2) is 0 Å². The first-order chi connectivity index (χ1) is 10.1. The van der Waals surface area contributed by atoms with Crippen molar-refractivity contribution in [1.82, 2.24) is 10.6 Å². The Labute approximate surface area is 135 Å². The average Bonchev–Trinajstić information content (AvgIpc) is 3.22. The molecule has 0 aromatic heterocycles. The summed E-state index contributed by atoms with van der Waals surface area (Å²) in [5, 5.41) is 6.40. The second-order valence-electron chi connectivity index (χ2n) is 5.66. The van der Waals surface area contributed by atoms with Crippen LogP contribution >= 0.6 is 15.9 Å². The number of hydrogen-bond acceptors (Lipinski definition) is 3. The Kier molecular flexibility index (Phi) is 6.06. The van der Waals surface area contributed by atoms with Crippen molar-refractivity contribution in [2.24, 2.45) is 0 Å². The minimum Gasteiger partial charge on any atom is -0.364 e. The largest absolute Gasteiger partial charge is 0.364 e. The van der Waals surface area contributed by atoms with Crippen LogP contribution < -0.4 is 15.5 Å². The third kappa shape index (κ3) is 5.32. The third-order valence-corrected chi connectivity index (χ3v) is 4.14. The Balaban J connectivity index is 1.90. The van der Waals surface area contributed by atoms with E-state index in [0.717, 1.165) is 42.5 Å². The molecule has 2 N–H and O–H groups in total. The topological polar surface area (TPSA) is 44.4 Å². The zero-order chi connectivity index (χ0) is 15.2. The number of carbonyl (C=O) groups is 1. The van der Waals surface area contributed by atoms with Gasteiger partial charge < -0.3 is 15.5 Å². The fraction of sp³-hybridized carbons (Fsp3) is 0.562. The number of amides is 1. The van der Waals surface area contributed by atoms with Crippen molar-refractivity contribution in [3.8, 4) is 0 Å². The predicted molar refractivity (Wildman–Crippen MR) is 90.6 cm³/mol. The van der Waals surface area contributed by atoms with Crippen LogP contribution in [-0.2, 0) is 11.3 Å². The third-order valence-electron chi connectivity index (χ3n) is 3.50. The standard InChI is InChI=1S/C16H24BrN3O/c1-3-8-18-10-12-4-7-15(14(17)9-12)20(2)11-16(21)19-13-5-6-13/h4,7,9,13,18H,3,5-6,8,10-11H2,1-2H3,(H,19,21). The Bertz CT molecular complexity index is 488. The zero-order valence-corrected chi connectivity index (χ0v) is 14.4. The summed E-state index contributed by atoms with van der Waals surface area (Å²) in [7, 11) is 1.95. The number of benzene rings is 1. The van der Waals surface area contributed by atoms with Crippen LogP contribution in [0.4, 0.5) is 5.69 Å². The first-order valence-electron chi connectivity index (χ1n) is 7.59. The van der Waals surface area contributed by atoms with E-state index in [9.17, 15) is 4.79 Å². The lowest BCUT2D eigenvalue weighted by Gasteiger charge is -2.21. The van der Waals surface area contributed by atoms with Crippen LogP contribution in [0.2, 0.25) is 0 Å². The molecule has 1 fully saturated rings. The van der Waals surface area contributed by atoms with Crippen molar-refractivity contribution in [1.29, 1.82) is 0 Å². The maximum absolute atomic E-state index is 11.9. The minimum absolute atomic E-state index is 0.0978. The second-order valence-corrected chi connectivity index (χ2v) is 6.51. The minimum atomic E-state index is 0.0978. The molecule has 0 unspecified atom stereocenters. The van der Waals surface area contributed by atoms with Gasteiger partial charge in [-0.15, -0.1) is 0 Å². The Hall–Kier alpha value is -1.07. The lowest BCUT2D eigenvalue weighted by Crippen LogP contribution is -2.36. The summed E-state index contributed by atoms with van der Waals surface area (Å²) in [6.45, 7) is 4.45. The molecule has 4 nitrogen and oxygen atoms in total. The summed E-state index contributed by atoms with van der Waals surface area (Å²) in [5.74, 6) is 0.0978. The van der Waals surface area contributed by atoms with Gasteiger partial charge in [-0.1, -0.05) is 13.0 Å². The molecule has 0 spiro atoms. The fourth-order valence-corrected chi connectivity index (χ4v) is 2.91. The molecule has 5 heteroatoms. The Morgan fingerprint density at radius 3 is 2.81 bits per heavy atom. The molecule has 1 aliphatic carbocycles. The van der Waals surface area contributed by atoms with Gasteiger partial charge >= 0.3 is 0 Å². The van der Waals surface area contributed by atoms with E-state index in [1.807, 2.05) is 11.9 Å². The van der Waals surface area contributed by atoms with E-state index in [2.05, 4.69) is 51.7 Å². The van der Waals surface area contributed by atoms with Crippen LogP contribution in [-0.4, -0.2) is 32.1 Å². The molecule has 1 saturated carbocycles. The quantitative estimate of drug-likeness (QED) is 0.706. The molecule has 0 aliphatic heterocycles. The van der Waals surface area contributed by atoms with Crippen molar-refractivity contribution in [3.63, 3.8) is 0 Å². The maximum Gasteiger partial charge on any atom is 0.239 e. The molecule has 0 saturated heterocycles. The molecule has 1 aliphatic rings. The maximum atomic E-state index is 11.9. The number of anilines is 1. The van der Waals surface area contributed by atoms with Crippen LogP contribution in [0.1, 0.15) is 31.7 Å². The first kappa shape index (κ1) is 16.3. The molecule has 1 aromatic rings. The Morgan fingerprint density at radius 2 is 2.19 bits per heavy atom. The summed E-state index contributed by atoms with van der Waals surface area (Å²) in [6.07, 6.45) is 3.38. The van der Waals surface area contributed by atoms with Crippen molar-refractivity contribution in [3.05, 3.63) is 28.2 Å². The van der Waals surface area contributed by atoms with Crippen LogP contribution in [0.25, 0.3) is 0 Å². The van der Waals surface area contributed by atoms with Gasteiger partial charge in [-0.3, -0.25) is 4.79 Å². The zero-order valence-electron chi connectivity index (χ0n) is 12.8. The van der Waals surface area contributed by atoms with Gasteiger partial charge in [-0.2, -0.15) is 0 Å². The monoisotopic (exact) mass is 353 g/mol. The number of rotatable bonds is 8. The molecule has 0 bridgehead atoms. The van der Waals surface area contributed by atoms with Gasteiger partial charge in [0, 0.05) is 24.1 Å². The van der Waals surface area contributed by atoms with Crippen molar-refractivity contribution >= 4 is 27.5 Å². The van der Waals surface area contributed by atoms with Gasteiger partial charge in [0.1, 0.15) is 0 Å². The second kappa shape index (κ2) is 7.80. The van der Waals surface area contributed by atoms with Crippen molar-refractivity contribution in [2.45, 2.75) is 38.8 Å². The van der Waals surface area contributed by atoms with Gasteiger partial charge in [0.25, 0.3) is 0 Å². The molecule has 0 radical (unpaired) electrons. The summed E-state index contributed by atoms with van der Waals surface area (Å²) in [5.41, 5.74) is 2.29. The number of nitrogens with zero attached hydrogens (tertiary/aromatic N) is 1. The predicted octanol–water partition coefficient (Wildman–Crippen LogP) is 2.66. The molecular formula is C16H24BrN3O. The van der Waals surface area contributed by atoms with Gasteiger partial charge in [-0.05, 0) is 59.4 Å².